The third-order valence-corrected chi connectivity index (χ3v) is 6.29. The Hall–Kier alpha value is -0.970. The molecule has 0 saturated heterocycles. The number of carboxylic acid groups (broad SMARTS) is 1. The van der Waals surface area contributed by atoms with Crippen LogP contribution in [0.15, 0.2) is 24.3 Å². The molecule has 2 aromatic rings. The van der Waals surface area contributed by atoms with E-state index in [0.29, 0.717) is 12.1 Å². The minimum atomic E-state index is -1.02. The van der Waals surface area contributed by atoms with E-state index < -0.39 is 16.8 Å². The molecular formula is C17H17N2NaO2. The van der Waals surface area contributed by atoms with Gasteiger partial charge in [0.1, 0.15) is 0 Å². The molecule has 4 nitrogen and oxygen atoms in total. The summed E-state index contributed by atoms with van der Waals surface area (Å²) in [5.74, 6) is -1.01. The summed E-state index contributed by atoms with van der Waals surface area (Å²) in [5, 5.41) is 12.1. The van der Waals surface area contributed by atoms with E-state index in [4.69, 9.17) is 4.98 Å². The van der Waals surface area contributed by atoms with Gasteiger partial charge >= 0.3 is 29.6 Å². The van der Waals surface area contributed by atoms with Gasteiger partial charge in [0.15, 0.2) is 0 Å². The molecule has 2 aliphatic rings. The third-order valence-electron chi connectivity index (χ3n) is 6.29. The van der Waals surface area contributed by atoms with Gasteiger partial charge < -0.3 is 9.90 Å². The summed E-state index contributed by atoms with van der Waals surface area (Å²) in [6, 6.07) is 7.64. The topological polar surface area (TPSA) is 65.9 Å². The Morgan fingerprint density at radius 3 is 2.14 bits per heavy atom. The van der Waals surface area contributed by atoms with Gasteiger partial charge in [0.05, 0.1) is 33.8 Å². The van der Waals surface area contributed by atoms with Crippen LogP contribution in [0.3, 0.4) is 0 Å². The third kappa shape index (κ3) is 1.46. The molecule has 0 spiro atoms. The second-order valence-corrected chi connectivity index (χ2v) is 7.06. The van der Waals surface area contributed by atoms with Crippen molar-refractivity contribution < 1.29 is 39.5 Å². The zero-order chi connectivity index (χ0) is 15.0. The summed E-state index contributed by atoms with van der Waals surface area (Å²) >= 11 is 0. The van der Waals surface area contributed by atoms with Crippen LogP contribution in [0.25, 0.3) is 11.0 Å². The number of carboxylic acids is 1. The Kier molecular flexibility index (Phi) is 3.27. The van der Waals surface area contributed by atoms with Crippen LogP contribution in [0, 0.1) is 5.41 Å². The van der Waals surface area contributed by atoms with Gasteiger partial charge in [-0.25, -0.2) is 9.97 Å². The normalized spacial score (nSPS) is 30.9. The van der Waals surface area contributed by atoms with E-state index in [1.54, 1.807) is 0 Å². The first kappa shape index (κ1) is 15.9. The van der Waals surface area contributed by atoms with Crippen LogP contribution in [0.2, 0.25) is 0 Å². The fourth-order valence-corrected chi connectivity index (χ4v) is 4.50. The van der Waals surface area contributed by atoms with Crippen molar-refractivity contribution in [2.45, 2.75) is 44.4 Å². The monoisotopic (exact) mass is 304 g/mol. The molecule has 1 saturated carbocycles. The number of aromatic nitrogens is 2. The summed E-state index contributed by atoms with van der Waals surface area (Å²) in [6.07, 6.45) is 1.40. The smallest absolute Gasteiger partial charge is 0.549 e. The number of benzene rings is 1. The predicted molar refractivity (Wildman–Crippen MR) is 76.6 cm³/mol. The predicted octanol–water partition coefficient (Wildman–Crippen LogP) is -1.29. The molecule has 22 heavy (non-hydrogen) atoms. The van der Waals surface area contributed by atoms with Crippen LogP contribution in [-0.4, -0.2) is 15.9 Å². The Morgan fingerprint density at radius 2 is 1.59 bits per heavy atom. The quantitative estimate of drug-likeness (QED) is 0.615. The molecule has 1 heterocycles. The fraction of sp³-hybridized carbons (Fsp3) is 0.471. The molecule has 2 bridgehead atoms. The van der Waals surface area contributed by atoms with Gasteiger partial charge in [0.2, 0.25) is 0 Å². The van der Waals surface area contributed by atoms with Crippen molar-refractivity contribution in [2.24, 2.45) is 5.41 Å². The molecular weight excluding hydrogens is 287 g/mol. The Morgan fingerprint density at radius 1 is 1.05 bits per heavy atom. The van der Waals surface area contributed by atoms with Gasteiger partial charge in [0, 0.05) is 5.41 Å². The van der Waals surface area contributed by atoms with E-state index in [-0.39, 0.29) is 35.0 Å². The maximum absolute atomic E-state index is 12.1. The second-order valence-electron chi connectivity index (χ2n) is 7.06. The fourth-order valence-electron chi connectivity index (χ4n) is 4.50. The summed E-state index contributed by atoms with van der Waals surface area (Å²) in [5.41, 5.74) is 1.33. The summed E-state index contributed by atoms with van der Waals surface area (Å²) in [7, 11) is 0. The van der Waals surface area contributed by atoms with E-state index in [1.807, 2.05) is 38.1 Å². The summed E-state index contributed by atoms with van der Waals surface area (Å²) in [6.45, 7) is 6.15. The number of hydrogen-bond acceptors (Lipinski definition) is 4. The zero-order valence-corrected chi connectivity index (χ0v) is 15.4. The van der Waals surface area contributed by atoms with Crippen molar-refractivity contribution in [3.8, 4) is 0 Å². The van der Waals surface area contributed by atoms with E-state index in [1.165, 1.54) is 0 Å². The molecule has 2 unspecified atom stereocenters. The van der Waals surface area contributed by atoms with Crippen molar-refractivity contribution in [2.75, 3.05) is 0 Å². The Balaban J connectivity index is 0.00000144. The van der Waals surface area contributed by atoms with E-state index >= 15 is 0 Å². The minimum Gasteiger partial charge on any atom is -0.549 e. The molecule has 0 N–H and O–H groups in total. The van der Waals surface area contributed by atoms with Crippen molar-refractivity contribution in [3.05, 3.63) is 35.7 Å². The van der Waals surface area contributed by atoms with Crippen LogP contribution >= 0.6 is 0 Å². The molecule has 108 valence electrons. The average Bonchev–Trinajstić information content (AvgIpc) is 2.74. The standard InChI is InChI=1S/C17H18N2O2.Na/c1-15(2)16(3)8-9-17(15,14(20)21)13-12(16)18-10-6-4-5-7-11(10)19-13;/h4-7H,8-9H2,1-3H3,(H,20,21);/q;+1/p-1. The molecule has 4 rings (SSSR count). The van der Waals surface area contributed by atoms with Crippen LogP contribution < -0.4 is 34.7 Å². The molecule has 1 fully saturated rings. The average molecular weight is 304 g/mol. The van der Waals surface area contributed by atoms with E-state index in [2.05, 4.69) is 11.9 Å². The molecule has 2 atom stereocenters. The van der Waals surface area contributed by atoms with Gasteiger partial charge in [0.25, 0.3) is 0 Å². The summed E-state index contributed by atoms with van der Waals surface area (Å²) < 4.78 is 0. The Bertz CT molecular complexity index is 804. The molecule has 2 aliphatic carbocycles. The van der Waals surface area contributed by atoms with Gasteiger partial charge in [-0.1, -0.05) is 32.9 Å². The number of aliphatic carboxylic acids is 1. The maximum atomic E-state index is 12.1. The number of carbonyl (C=O) groups excluding carboxylic acids is 1. The number of fused-ring (bicyclic) bond motifs is 6. The number of rotatable bonds is 1. The van der Waals surface area contributed by atoms with Gasteiger partial charge in [-0.3, -0.25) is 0 Å². The molecule has 0 amide bonds. The first-order valence-electron chi connectivity index (χ1n) is 7.34. The van der Waals surface area contributed by atoms with Crippen molar-refractivity contribution in [1.82, 2.24) is 9.97 Å². The second kappa shape index (κ2) is 4.53. The number of carbonyl (C=O) groups is 1. The number of para-hydroxylation sites is 2. The van der Waals surface area contributed by atoms with Crippen molar-refractivity contribution in [3.63, 3.8) is 0 Å². The summed E-state index contributed by atoms with van der Waals surface area (Å²) in [4.78, 5) is 21.5. The molecule has 5 heteroatoms. The Labute approximate surface area is 151 Å². The maximum Gasteiger partial charge on any atom is 1.00 e. The zero-order valence-electron chi connectivity index (χ0n) is 13.4. The van der Waals surface area contributed by atoms with Crippen molar-refractivity contribution >= 4 is 17.0 Å². The SMILES string of the molecule is CC12CCC(C(=O)[O-])(c3nc4ccccc4nc31)C2(C)C.[Na+]. The molecule has 0 radical (unpaired) electrons. The van der Waals surface area contributed by atoms with Gasteiger partial charge in [-0.2, -0.15) is 0 Å². The van der Waals surface area contributed by atoms with Crippen LogP contribution in [0.1, 0.15) is 45.0 Å². The van der Waals surface area contributed by atoms with E-state index in [0.717, 1.165) is 23.1 Å². The first-order chi connectivity index (χ1) is 9.84. The van der Waals surface area contributed by atoms with Crippen LogP contribution in [0.5, 0.6) is 0 Å². The molecule has 1 aromatic heterocycles. The number of hydrogen-bond donors (Lipinski definition) is 0. The van der Waals surface area contributed by atoms with Gasteiger partial charge in [-0.05, 0) is 30.4 Å². The van der Waals surface area contributed by atoms with Crippen LogP contribution in [0.4, 0.5) is 0 Å². The first-order valence-corrected chi connectivity index (χ1v) is 7.34. The largest absolute Gasteiger partial charge is 1.00 e. The van der Waals surface area contributed by atoms with Crippen LogP contribution in [-0.2, 0) is 15.6 Å². The number of nitrogens with zero attached hydrogens (tertiary/aromatic N) is 2. The molecule has 0 aliphatic heterocycles. The van der Waals surface area contributed by atoms with Gasteiger partial charge in [-0.15, -0.1) is 0 Å². The molecule has 1 aromatic carbocycles. The van der Waals surface area contributed by atoms with E-state index in [9.17, 15) is 9.90 Å². The van der Waals surface area contributed by atoms with Crippen molar-refractivity contribution in [1.29, 1.82) is 0 Å². The minimum absolute atomic E-state index is 0.